The first-order chi connectivity index (χ1) is 7.43. The van der Waals surface area contributed by atoms with Gasteiger partial charge in [0.1, 0.15) is 5.75 Å². The van der Waals surface area contributed by atoms with Crippen LogP contribution >= 0.6 is 0 Å². The van der Waals surface area contributed by atoms with E-state index in [9.17, 15) is 0 Å². The summed E-state index contributed by atoms with van der Waals surface area (Å²) in [4.78, 5) is 6.42. The number of aromatic nitrogens is 2. The molecular weight excluding hydrogens is 188 g/mol. The predicted molar refractivity (Wildman–Crippen MR) is 62.9 cm³/mol. The van der Waals surface area contributed by atoms with Crippen LogP contribution in [0.5, 0.6) is 5.75 Å². The summed E-state index contributed by atoms with van der Waals surface area (Å²) >= 11 is 0. The van der Waals surface area contributed by atoms with E-state index >= 15 is 0 Å². The van der Waals surface area contributed by atoms with Crippen LogP contribution in [0.25, 0.3) is 0 Å². The van der Waals surface area contributed by atoms with E-state index in [0.29, 0.717) is 0 Å². The van der Waals surface area contributed by atoms with Crippen LogP contribution in [-0.4, -0.2) is 17.1 Å². The molecule has 3 heteroatoms. The number of ether oxygens (including phenoxy) is 1. The summed E-state index contributed by atoms with van der Waals surface area (Å²) in [5.74, 6) is 0.910. The highest BCUT2D eigenvalue weighted by atomic mass is 16.5. The van der Waals surface area contributed by atoms with Crippen molar-refractivity contribution in [1.82, 2.24) is 9.97 Å². The maximum atomic E-state index is 4.91. The number of hydrogen-bond acceptors (Lipinski definition) is 2. The summed E-state index contributed by atoms with van der Waals surface area (Å²) < 4.78 is 4.91. The highest BCUT2D eigenvalue weighted by Gasteiger charge is 1.80. The Morgan fingerprint density at radius 3 is 2.07 bits per heavy atom. The lowest BCUT2D eigenvalue weighted by Gasteiger charge is -1.93. The molecule has 1 aromatic carbocycles. The molecule has 1 heterocycles. The largest absolute Gasteiger partial charge is 0.497 e. The molecular formula is C12H18N2O. The van der Waals surface area contributed by atoms with Gasteiger partial charge in [0.25, 0.3) is 0 Å². The van der Waals surface area contributed by atoms with E-state index in [1.54, 1.807) is 25.8 Å². The third kappa shape index (κ3) is 7.31. The fourth-order valence-electron chi connectivity index (χ4n) is 0.772. The zero-order valence-corrected chi connectivity index (χ0v) is 9.47. The lowest BCUT2D eigenvalue weighted by Crippen LogP contribution is -1.78. The van der Waals surface area contributed by atoms with Crippen LogP contribution in [0.15, 0.2) is 49.1 Å². The first-order valence-corrected chi connectivity index (χ1v) is 4.95. The van der Waals surface area contributed by atoms with Crippen LogP contribution < -0.4 is 4.74 Å². The van der Waals surface area contributed by atoms with E-state index in [-0.39, 0.29) is 0 Å². The molecule has 2 rings (SSSR count). The van der Waals surface area contributed by atoms with Crippen LogP contribution in [-0.2, 0) is 0 Å². The molecule has 82 valence electrons. The summed E-state index contributed by atoms with van der Waals surface area (Å²) in [6, 6.07) is 9.68. The van der Waals surface area contributed by atoms with Crippen molar-refractivity contribution >= 4 is 0 Å². The summed E-state index contributed by atoms with van der Waals surface area (Å²) in [5, 5.41) is 0. The van der Waals surface area contributed by atoms with Gasteiger partial charge in [0.2, 0.25) is 0 Å². The quantitative estimate of drug-likeness (QED) is 0.778. The average molecular weight is 206 g/mol. The highest BCUT2D eigenvalue weighted by molar-refractivity contribution is 5.20. The van der Waals surface area contributed by atoms with Gasteiger partial charge in [-0.2, -0.15) is 0 Å². The van der Waals surface area contributed by atoms with Crippen molar-refractivity contribution in [1.29, 1.82) is 0 Å². The maximum Gasteiger partial charge on any atom is 0.118 e. The van der Waals surface area contributed by atoms with Crippen molar-refractivity contribution in [2.45, 2.75) is 13.8 Å². The molecule has 0 saturated heterocycles. The fraction of sp³-hybridized carbons (Fsp3) is 0.250. The summed E-state index contributed by atoms with van der Waals surface area (Å²) in [6.07, 6.45) is 5.08. The van der Waals surface area contributed by atoms with Gasteiger partial charge < -0.3 is 9.72 Å². The van der Waals surface area contributed by atoms with Gasteiger partial charge in [-0.25, -0.2) is 4.98 Å². The van der Waals surface area contributed by atoms with E-state index in [1.165, 1.54) is 0 Å². The fourth-order valence-corrected chi connectivity index (χ4v) is 0.772. The van der Waals surface area contributed by atoms with Crippen molar-refractivity contribution < 1.29 is 4.74 Å². The minimum atomic E-state index is 0.910. The van der Waals surface area contributed by atoms with Gasteiger partial charge in [-0.1, -0.05) is 32.0 Å². The topological polar surface area (TPSA) is 37.9 Å². The van der Waals surface area contributed by atoms with Crippen LogP contribution in [0.4, 0.5) is 0 Å². The molecule has 0 fully saturated rings. The number of para-hydroxylation sites is 1. The third-order valence-electron chi connectivity index (χ3n) is 1.38. The number of benzene rings is 1. The molecule has 0 saturated carbocycles. The molecule has 2 aromatic rings. The van der Waals surface area contributed by atoms with Crippen molar-refractivity contribution in [3.63, 3.8) is 0 Å². The van der Waals surface area contributed by atoms with Gasteiger partial charge in [-0.05, 0) is 12.1 Å². The van der Waals surface area contributed by atoms with E-state index in [1.807, 2.05) is 44.2 Å². The molecule has 0 atom stereocenters. The maximum absolute atomic E-state index is 4.91. The summed E-state index contributed by atoms with van der Waals surface area (Å²) in [5.41, 5.74) is 0. The van der Waals surface area contributed by atoms with Crippen LogP contribution in [0.1, 0.15) is 13.8 Å². The van der Waals surface area contributed by atoms with E-state index in [2.05, 4.69) is 9.97 Å². The Labute approximate surface area is 91.1 Å². The van der Waals surface area contributed by atoms with Gasteiger partial charge in [0, 0.05) is 12.4 Å². The zero-order chi connectivity index (χ0) is 11.4. The zero-order valence-electron chi connectivity index (χ0n) is 9.47. The molecule has 0 aliphatic heterocycles. The van der Waals surface area contributed by atoms with Crippen LogP contribution in [0, 0.1) is 0 Å². The molecule has 0 bridgehead atoms. The molecule has 0 aliphatic carbocycles. The monoisotopic (exact) mass is 206 g/mol. The smallest absolute Gasteiger partial charge is 0.118 e. The normalized spacial score (nSPS) is 7.67. The van der Waals surface area contributed by atoms with Crippen LogP contribution in [0.3, 0.4) is 0 Å². The minimum Gasteiger partial charge on any atom is -0.497 e. The first-order valence-electron chi connectivity index (χ1n) is 4.95. The van der Waals surface area contributed by atoms with Gasteiger partial charge >= 0.3 is 0 Å². The number of hydrogen-bond donors (Lipinski definition) is 1. The van der Waals surface area contributed by atoms with E-state index < -0.39 is 0 Å². The molecule has 0 radical (unpaired) electrons. The molecule has 1 N–H and O–H groups in total. The van der Waals surface area contributed by atoms with Crippen molar-refractivity contribution in [3.8, 4) is 5.75 Å². The van der Waals surface area contributed by atoms with Gasteiger partial charge in [-0.15, -0.1) is 0 Å². The molecule has 0 aliphatic rings. The van der Waals surface area contributed by atoms with Gasteiger partial charge in [0.15, 0.2) is 0 Å². The lowest BCUT2D eigenvalue weighted by atomic mass is 10.3. The third-order valence-corrected chi connectivity index (χ3v) is 1.38. The Morgan fingerprint density at radius 2 is 1.80 bits per heavy atom. The van der Waals surface area contributed by atoms with E-state index in [0.717, 1.165) is 5.75 Å². The lowest BCUT2D eigenvalue weighted by molar-refractivity contribution is 0.415. The van der Waals surface area contributed by atoms with Crippen LogP contribution in [0.2, 0.25) is 0 Å². The number of aromatic amines is 1. The Balaban J connectivity index is 0.000000241. The summed E-state index contributed by atoms with van der Waals surface area (Å²) in [7, 11) is 1.66. The number of nitrogens with zero attached hydrogens (tertiary/aromatic N) is 1. The number of rotatable bonds is 1. The Bertz CT molecular complexity index is 275. The number of nitrogens with one attached hydrogen (secondary N) is 1. The Morgan fingerprint density at radius 1 is 1.13 bits per heavy atom. The van der Waals surface area contributed by atoms with Gasteiger partial charge in [0.05, 0.1) is 13.4 Å². The number of imidazole rings is 1. The van der Waals surface area contributed by atoms with E-state index in [4.69, 9.17) is 4.74 Å². The van der Waals surface area contributed by atoms with Gasteiger partial charge in [-0.3, -0.25) is 0 Å². The molecule has 0 amide bonds. The average Bonchev–Trinajstić information content (AvgIpc) is 2.92. The SMILES string of the molecule is CC.COc1ccccc1.c1c[nH]cn1. The standard InChI is InChI=1S/C7H8O.C3H4N2.C2H6/c1-8-7-5-3-2-4-6-7;1-2-5-3-4-1;1-2/h2-6H,1H3;1-3H,(H,4,5);1-2H3. The molecule has 1 aromatic heterocycles. The van der Waals surface area contributed by atoms with Crippen molar-refractivity contribution in [3.05, 3.63) is 49.1 Å². The minimum absolute atomic E-state index is 0.910. The van der Waals surface area contributed by atoms with Crippen molar-refractivity contribution in [2.24, 2.45) is 0 Å². The second-order valence-corrected chi connectivity index (χ2v) is 2.28. The molecule has 3 nitrogen and oxygen atoms in total. The first kappa shape index (κ1) is 13.2. The molecule has 0 unspecified atom stereocenters. The Kier molecular flexibility index (Phi) is 9.09. The highest BCUT2D eigenvalue weighted by Crippen LogP contribution is 2.05. The molecule has 0 spiro atoms. The predicted octanol–water partition coefficient (Wildman–Crippen LogP) is 3.13. The Hall–Kier alpha value is -1.77. The van der Waals surface area contributed by atoms with Crippen molar-refractivity contribution in [2.75, 3.05) is 7.11 Å². The summed E-state index contributed by atoms with van der Waals surface area (Å²) in [6.45, 7) is 4.00. The number of H-pyrrole nitrogens is 1. The molecule has 15 heavy (non-hydrogen) atoms. The number of methoxy groups -OCH3 is 1. The second-order valence-electron chi connectivity index (χ2n) is 2.28. The second kappa shape index (κ2) is 10.3.